The third-order valence-corrected chi connectivity index (χ3v) is 4.54. The molecular weight excluding hydrogens is 366 g/mol. The van der Waals surface area contributed by atoms with Crippen molar-refractivity contribution in [2.75, 3.05) is 7.11 Å². The second-order valence-electron chi connectivity index (χ2n) is 5.35. The summed E-state index contributed by atoms with van der Waals surface area (Å²) in [6, 6.07) is 4.66. The van der Waals surface area contributed by atoms with Crippen molar-refractivity contribution in [1.29, 1.82) is 0 Å². The molecule has 2 aromatic rings. The summed E-state index contributed by atoms with van der Waals surface area (Å²) in [5, 5.41) is 0.460. The Balaban J connectivity index is 2.20. The summed E-state index contributed by atoms with van der Waals surface area (Å²) in [6.07, 6.45) is -5.32. The van der Waals surface area contributed by atoms with E-state index in [9.17, 15) is 13.2 Å². The Labute approximate surface area is 146 Å². The maximum atomic E-state index is 13.2. The summed E-state index contributed by atoms with van der Waals surface area (Å²) in [7, 11) is 1.46. The van der Waals surface area contributed by atoms with E-state index in [0.29, 0.717) is 28.1 Å². The van der Waals surface area contributed by atoms with Crippen molar-refractivity contribution in [2.45, 2.75) is 25.3 Å². The zero-order chi connectivity index (χ0) is 17.5. The average molecular weight is 378 g/mol. The summed E-state index contributed by atoms with van der Waals surface area (Å²) in [4.78, 5) is 4.04. The van der Waals surface area contributed by atoms with E-state index in [2.05, 4.69) is 4.98 Å². The number of rotatable bonds is 1. The van der Waals surface area contributed by atoms with Gasteiger partial charge in [0.2, 0.25) is 5.88 Å². The van der Waals surface area contributed by atoms with Crippen LogP contribution in [0.2, 0.25) is 10.0 Å². The maximum absolute atomic E-state index is 13.2. The molecule has 128 valence electrons. The normalized spacial score (nSPS) is 17.5. The second kappa shape index (κ2) is 6.43. The first-order chi connectivity index (χ1) is 11.3. The molecule has 1 aliphatic heterocycles. The summed E-state index contributed by atoms with van der Waals surface area (Å²) in [6.45, 7) is -0.212. The predicted molar refractivity (Wildman–Crippen MR) is 84.6 cm³/mol. The molecule has 1 aliphatic rings. The van der Waals surface area contributed by atoms with Gasteiger partial charge in [-0.05, 0) is 28.8 Å². The van der Waals surface area contributed by atoms with Gasteiger partial charge >= 0.3 is 6.18 Å². The molecule has 0 fully saturated rings. The minimum atomic E-state index is -4.49. The third-order valence-electron chi connectivity index (χ3n) is 3.82. The lowest BCUT2D eigenvalue weighted by molar-refractivity contribution is -0.223. The molecule has 24 heavy (non-hydrogen) atoms. The highest BCUT2D eigenvalue weighted by atomic mass is 35.5. The highest BCUT2D eigenvalue weighted by Crippen LogP contribution is 2.39. The Hall–Kier alpha value is -1.50. The Morgan fingerprint density at radius 1 is 1.12 bits per heavy atom. The van der Waals surface area contributed by atoms with E-state index in [1.807, 2.05) is 0 Å². The quantitative estimate of drug-likeness (QED) is 0.695. The van der Waals surface area contributed by atoms with Gasteiger partial charge in [0.25, 0.3) is 0 Å². The Bertz CT molecular complexity index is 781. The van der Waals surface area contributed by atoms with Crippen LogP contribution in [-0.2, 0) is 17.8 Å². The van der Waals surface area contributed by atoms with Crippen LogP contribution in [0.4, 0.5) is 13.2 Å². The average Bonchev–Trinajstić information content (AvgIpc) is 2.51. The van der Waals surface area contributed by atoms with Crippen molar-refractivity contribution in [1.82, 2.24) is 4.98 Å². The fourth-order valence-corrected chi connectivity index (χ4v) is 2.96. The lowest BCUT2D eigenvalue weighted by atomic mass is 9.92. The first kappa shape index (κ1) is 17.3. The van der Waals surface area contributed by atoms with Crippen LogP contribution in [0.3, 0.4) is 0 Å². The van der Waals surface area contributed by atoms with Crippen LogP contribution >= 0.6 is 23.2 Å². The minimum Gasteiger partial charge on any atom is -0.481 e. The van der Waals surface area contributed by atoms with Crippen LogP contribution in [0, 0.1) is 0 Å². The molecule has 0 amide bonds. The Morgan fingerprint density at radius 3 is 2.46 bits per heavy atom. The molecule has 3 nitrogen and oxygen atoms in total. The molecule has 1 unspecified atom stereocenters. The van der Waals surface area contributed by atoms with Crippen LogP contribution in [0.5, 0.6) is 5.88 Å². The first-order valence-electron chi connectivity index (χ1n) is 6.99. The lowest BCUT2D eigenvalue weighted by Gasteiger charge is -2.26. The van der Waals surface area contributed by atoms with Crippen LogP contribution in [0.25, 0.3) is 11.1 Å². The largest absolute Gasteiger partial charge is 0.481 e. The van der Waals surface area contributed by atoms with E-state index in [-0.39, 0.29) is 23.1 Å². The van der Waals surface area contributed by atoms with Crippen molar-refractivity contribution in [2.24, 2.45) is 0 Å². The number of fused-ring (bicyclic) bond motifs is 3. The monoisotopic (exact) mass is 377 g/mol. The molecule has 0 saturated carbocycles. The van der Waals surface area contributed by atoms with Gasteiger partial charge in [0.05, 0.1) is 23.8 Å². The molecule has 0 radical (unpaired) electrons. The van der Waals surface area contributed by atoms with Crippen molar-refractivity contribution in [3.63, 3.8) is 0 Å². The molecule has 1 atom stereocenters. The number of hydrogen-bond donors (Lipinski definition) is 0. The molecule has 1 aromatic carbocycles. The van der Waals surface area contributed by atoms with Gasteiger partial charge in [-0.1, -0.05) is 23.2 Å². The molecule has 8 heteroatoms. The number of ether oxygens (including phenoxy) is 2. The zero-order valence-electron chi connectivity index (χ0n) is 12.5. The van der Waals surface area contributed by atoms with Crippen LogP contribution in [0.1, 0.15) is 11.1 Å². The fourth-order valence-electron chi connectivity index (χ4n) is 2.61. The Kier molecular flexibility index (Phi) is 4.64. The maximum Gasteiger partial charge on any atom is 0.414 e. The molecule has 0 aliphatic carbocycles. The van der Waals surface area contributed by atoms with Crippen molar-refractivity contribution in [3.05, 3.63) is 45.6 Å². The molecular formula is C16H12Cl2F3NO2. The van der Waals surface area contributed by atoms with Crippen molar-refractivity contribution >= 4 is 23.2 Å². The number of halogens is 5. The summed E-state index contributed by atoms with van der Waals surface area (Å²) in [5.74, 6) is 0.346. The van der Waals surface area contributed by atoms with Crippen molar-refractivity contribution < 1.29 is 22.6 Å². The minimum absolute atomic E-state index is 0.194. The van der Waals surface area contributed by atoms with E-state index in [1.54, 1.807) is 12.1 Å². The van der Waals surface area contributed by atoms with Gasteiger partial charge in [-0.15, -0.1) is 0 Å². The summed E-state index contributed by atoms with van der Waals surface area (Å²) in [5.41, 5.74) is 2.15. The van der Waals surface area contributed by atoms with E-state index >= 15 is 0 Å². The number of pyridine rings is 1. The van der Waals surface area contributed by atoms with E-state index < -0.39 is 12.3 Å². The number of aromatic nitrogens is 1. The second-order valence-corrected chi connectivity index (χ2v) is 6.17. The van der Waals surface area contributed by atoms with Gasteiger partial charge < -0.3 is 9.47 Å². The van der Waals surface area contributed by atoms with E-state index in [0.717, 1.165) is 0 Å². The number of methoxy groups -OCH3 is 1. The van der Waals surface area contributed by atoms with Gasteiger partial charge in [-0.2, -0.15) is 13.2 Å². The lowest BCUT2D eigenvalue weighted by Crippen LogP contribution is -2.34. The van der Waals surface area contributed by atoms with Crippen LogP contribution < -0.4 is 4.74 Å². The van der Waals surface area contributed by atoms with Crippen molar-refractivity contribution in [3.8, 4) is 17.0 Å². The fraction of sp³-hybridized carbons (Fsp3) is 0.312. The van der Waals surface area contributed by atoms with Gasteiger partial charge in [-0.25, -0.2) is 4.98 Å². The van der Waals surface area contributed by atoms with E-state index in [4.69, 9.17) is 32.7 Å². The molecule has 1 aromatic heterocycles. The number of nitrogens with zero attached hydrogens (tertiary/aromatic N) is 1. The SMILES string of the molecule is COc1cc2c(cn1)COC(C(F)(F)F)Cc1cc(Cl)c(Cl)cc1-2. The number of benzene rings is 1. The smallest absolute Gasteiger partial charge is 0.414 e. The number of alkyl halides is 3. The zero-order valence-corrected chi connectivity index (χ0v) is 14.0. The highest BCUT2D eigenvalue weighted by Gasteiger charge is 2.42. The number of hydrogen-bond acceptors (Lipinski definition) is 3. The first-order valence-corrected chi connectivity index (χ1v) is 7.74. The molecule has 0 saturated heterocycles. The highest BCUT2D eigenvalue weighted by molar-refractivity contribution is 6.42. The predicted octanol–water partition coefficient (Wildman–Crippen LogP) is 5.07. The topological polar surface area (TPSA) is 31.4 Å². The van der Waals surface area contributed by atoms with E-state index in [1.165, 1.54) is 19.4 Å². The van der Waals surface area contributed by atoms with Crippen LogP contribution in [-0.4, -0.2) is 24.4 Å². The van der Waals surface area contributed by atoms with Crippen LogP contribution in [0.15, 0.2) is 24.4 Å². The Morgan fingerprint density at radius 2 is 1.79 bits per heavy atom. The standard InChI is InChI=1S/C16H12Cl2F3NO2/c1-23-15-5-11-9(6-22-15)7-24-14(16(19,20)21)3-8-2-12(17)13(18)4-10(8)11/h2,4-6,14H,3,7H2,1H3. The van der Waals surface area contributed by atoms with Gasteiger partial charge in [0.1, 0.15) is 0 Å². The summed E-state index contributed by atoms with van der Waals surface area (Å²) >= 11 is 12.1. The van der Waals surface area contributed by atoms with Gasteiger partial charge in [-0.3, -0.25) is 0 Å². The molecule has 3 rings (SSSR count). The third kappa shape index (κ3) is 3.31. The van der Waals surface area contributed by atoms with Gasteiger partial charge in [0.15, 0.2) is 6.10 Å². The van der Waals surface area contributed by atoms with Gasteiger partial charge in [0, 0.05) is 24.2 Å². The molecule has 0 bridgehead atoms. The summed E-state index contributed by atoms with van der Waals surface area (Å²) < 4.78 is 49.8. The molecule has 0 N–H and O–H groups in total. The molecule has 0 spiro atoms. The molecule has 2 heterocycles.